The zero-order valence-corrected chi connectivity index (χ0v) is 15.7. The molecular weight excluding hydrogens is 384 g/mol. The number of anilines is 1. The summed E-state index contributed by atoms with van der Waals surface area (Å²) in [7, 11) is 0. The Morgan fingerprint density at radius 3 is 2.69 bits per heavy atom. The standard InChI is InChI=1S/C19H21F2N5O3/c1-4-6-13(25-19(28)29)14-9-12(7-8-22-14)16-15(10-23-26(16)18(20)21)24-17(27)11(3)5-2/h4-5,7-11,13,18,25H,1-2,6H2,3H3,(H,24,27)(H,28,29)/t11-,13?/m1/s1. The van der Waals surface area contributed by atoms with Crippen molar-refractivity contribution in [1.29, 1.82) is 0 Å². The molecule has 2 aromatic rings. The Kier molecular flexibility index (Phi) is 7.18. The number of carbonyl (C=O) groups excluding carboxylic acids is 1. The van der Waals surface area contributed by atoms with Crippen molar-refractivity contribution in [2.45, 2.75) is 25.9 Å². The minimum Gasteiger partial charge on any atom is -0.465 e. The van der Waals surface area contributed by atoms with Crippen LogP contribution in [-0.2, 0) is 4.79 Å². The van der Waals surface area contributed by atoms with Crippen LogP contribution >= 0.6 is 0 Å². The molecule has 29 heavy (non-hydrogen) atoms. The largest absolute Gasteiger partial charge is 0.465 e. The Hall–Kier alpha value is -3.56. The van der Waals surface area contributed by atoms with Crippen LogP contribution in [0.25, 0.3) is 11.3 Å². The molecule has 154 valence electrons. The molecule has 0 spiro atoms. The van der Waals surface area contributed by atoms with Crippen molar-refractivity contribution in [3.63, 3.8) is 0 Å². The summed E-state index contributed by atoms with van der Waals surface area (Å²) in [6, 6.07) is 2.22. The number of pyridine rings is 1. The van der Waals surface area contributed by atoms with Crippen molar-refractivity contribution >= 4 is 17.7 Å². The van der Waals surface area contributed by atoms with Gasteiger partial charge in [0.15, 0.2) is 0 Å². The van der Waals surface area contributed by atoms with Gasteiger partial charge in [0, 0.05) is 11.8 Å². The molecule has 0 aliphatic heterocycles. The van der Waals surface area contributed by atoms with Crippen LogP contribution in [0.2, 0.25) is 0 Å². The van der Waals surface area contributed by atoms with Crippen molar-refractivity contribution < 1.29 is 23.5 Å². The molecule has 0 saturated heterocycles. The Labute approximate surface area is 165 Å². The molecule has 2 rings (SSSR count). The molecule has 10 heteroatoms. The smallest absolute Gasteiger partial charge is 0.405 e. The summed E-state index contributed by atoms with van der Waals surface area (Å²) in [4.78, 5) is 27.4. The van der Waals surface area contributed by atoms with E-state index in [4.69, 9.17) is 5.11 Å². The lowest BCUT2D eigenvalue weighted by Gasteiger charge is -2.16. The molecule has 0 aromatic carbocycles. The minimum absolute atomic E-state index is 0.0269. The molecule has 8 nitrogen and oxygen atoms in total. The van der Waals surface area contributed by atoms with E-state index in [9.17, 15) is 18.4 Å². The van der Waals surface area contributed by atoms with Crippen molar-refractivity contribution in [2.75, 3.05) is 5.32 Å². The quantitative estimate of drug-likeness (QED) is 0.547. The van der Waals surface area contributed by atoms with E-state index in [0.29, 0.717) is 10.4 Å². The van der Waals surface area contributed by atoms with Crippen LogP contribution in [0, 0.1) is 5.92 Å². The molecule has 0 radical (unpaired) electrons. The molecule has 1 unspecified atom stereocenters. The average molecular weight is 405 g/mol. The molecule has 3 N–H and O–H groups in total. The van der Waals surface area contributed by atoms with E-state index >= 15 is 0 Å². The van der Waals surface area contributed by atoms with Crippen LogP contribution in [0.1, 0.15) is 31.6 Å². The van der Waals surface area contributed by atoms with Gasteiger partial charge in [0.25, 0.3) is 0 Å². The first-order valence-electron chi connectivity index (χ1n) is 8.64. The monoisotopic (exact) mass is 405 g/mol. The molecule has 0 saturated carbocycles. The molecule has 0 aliphatic carbocycles. The van der Waals surface area contributed by atoms with Crippen LogP contribution in [-0.4, -0.2) is 31.9 Å². The number of aromatic nitrogens is 3. The summed E-state index contributed by atoms with van der Waals surface area (Å²) in [6.45, 7) is 5.78. The van der Waals surface area contributed by atoms with E-state index in [1.807, 2.05) is 0 Å². The summed E-state index contributed by atoms with van der Waals surface area (Å²) < 4.78 is 27.5. The Morgan fingerprint density at radius 1 is 1.38 bits per heavy atom. The highest BCUT2D eigenvalue weighted by Gasteiger charge is 2.23. The SMILES string of the molecule is C=CCC(NC(=O)O)c1cc(-c2c(NC(=O)[C@H](C)C=C)cnn2C(F)F)ccn1. The van der Waals surface area contributed by atoms with Crippen molar-refractivity contribution in [1.82, 2.24) is 20.1 Å². The average Bonchev–Trinajstić information content (AvgIpc) is 3.10. The second kappa shape index (κ2) is 9.58. The Morgan fingerprint density at radius 2 is 2.10 bits per heavy atom. The van der Waals surface area contributed by atoms with Gasteiger partial charge in [0.2, 0.25) is 5.91 Å². The van der Waals surface area contributed by atoms with E-state index < -0.39 is 30.5 Å². The van der Waals surface area contributed by atoms with Gasteiger partial charge in [-0.15, -0.1) is 13.2 Å². The number of hydrogen-bond acceptors (Lipinski definition) is 4. The van der Waals surface area contributed by atoms with Gasteiger partial charge >= 0.3 is 12.6 Å². The van der Waals surface area contributed by atoms with Crippen molar-refractivity contribution in [2.24, 2.45) is 5.92 Å². The lowest BCUT2D eigenvalue weighted by Crippen LogP contribution is -2.27. The Bertz CT molecular complexity index is 913. The van der Waals surface area contributed by atoms with Gasteiger partial charge in [0.1, 0.15) is 0 Å². The van der Waals surface area contributed by atoms with Gasteiger partial charge < -0.3 is 15.7 Å². The fourth-order valence-electron chi connectivity index (χ4n) is 2.60. The van der Waals surface area contributed by atoms with Gasteiger partial charge in [-0.1, -0.05) is 19.1 Å². The zero-order valence-electron chi connectivity index (χ0n) is 15.7. The lowest BCUT2D eigenvalue weighted by molar-refractivity contribution is -0.118. The highest BCUT2D eigenvalue weighted by molar-refractivity contribution is 5.96. The fraction of sp³-hybridized carbons (Fsp3) is 0.263. The van der Waals surface area contributed by atoms with Gasteiger partial charge in [-0.3, -0.25) is 9.78 Å². The fourth-order valence-corrected chi connectivity index (χ4v) is 2.60. The second-order valence-electron chi connectivity index (χ2n) is 6.14. The number of nitrogens with zero attached hydrogens (tertiary/aromatic N) is 3. The lowest BCUT2D eigenvalue weighted by atomic mass is 10.0. The summed E-state index contributed by atoms with van der Waals surface area (Å²) in [5.74, 6) is -0.969. The van der Waals surface area contributed by atoms with Crippen molar-refractivity contribution in [3.8, 4) is 11.3 Å². The number of alkyl halides is 2. The number of carbonyl (C=O) groups is 2. The Balaban J connectivity index is 2.51. The molecule has 2 aromatic heterocycles. The number of amides is 2. The summed E-state index contributed by atoms with van der Waals surface area (Å²) in [6.07, 6.45) is 4.43. The normalized spacial score (nSPS) is 12.8. The van der Waals surface area contributed by atoms with Gasteiger partial charge in [-0.2, -0.15) is 13.9 Å². The first-order valence-corrected chi connectivity index (χ1v) is 8.64. The minimum atomic E-state index is -2.95. The molecule has 2 amide bonds. The maximum Gasteiger partial charge on any atom is 0.405 e. The van der Waals surface area contributed by atoms with Crippen LogP contribution < -0.4 is 10.6 Å². The predicted molar refractivity (Wildman–Crippen MR) is 103 cm³/mol. The van der Waals surface area contributed by atoms with Crippen LogP contribution in [0.3, 0.4) is 0 Å². The highest BCUT2D eigenvalue weighted by Crippen LogP contribution is 2.33. The van der Waals surface area contributed by atoms with Gasteiger partial charge in [-0.05, 0) is 18.6 Å². The first-order chi connectivity index (χ1) is 13.8. The van der Waals surface area contributed by atoms with Crippen LogP contribution in [0.4, 0.5) is 19.3 Å². The topological polar surface area (TPSA) is 109 Å². The van der Waals surface area contributed by atoms with Crippen molar-refractivity contribution in [3.05, 3.63) is 55.5 Å². The predicted octanol–water partition coefficient (Wildman–Crippen LogP) is 3.99. The second-order valence-corrected chi connectivity index (χ2v) is 6.14. The number of carboxylic acid groups (broad SMARTS) is 1. The van der Waals surface area contributed by atoms with Gasteiger partial charge in [-0.25, -0.2) is 9.48 Å². The van der Waals surface area contributed by atoms with E-state index in [0.717, 1.165) is 6.20 Å². The molecule has 0 fully saturated rings. The molecule has 0 bridgehead atoms. The van der Waals surface area contributed by atoms with Gasteiger partial charge in [0.05, 0.1) is 35.2 Å². The third kappa shape index (κ3) is 5.24. The van der Waals surface area contributed by atoms with E-state index in [-0.39, 0.29) is 23.4 Å². The molecule has 2 heterocycles. The maximum atomic E-state index is 13.5. The summed E-state index contributed by atoms with van der Waals surface area (Å²) in [5, 5.41) is 17.6. The maximum absolute atomic E-state index is 13.5. The number of nitrogens with one attached hydrogen (secondary N) is 2. The number of hydrogen-bond donors (Lipinski definition) is 3. The van der Waals surface area contributed by atoms with E-state index in [1.165, 1.54) is 30.5 Å². The third-order valence-electron chi connectivity index (χ3n) is 4.12. The summed E-state index contributed by atoms with van der Waals surface area (Å²) >= 11 is 0. The third-order valence-corrected chi connectivity index (χ3v) is 4.12. The summed E-state index contributed by atoms with van der Waals surface area (Å²) in [5.41, 5.74) is 0.660. The van der Waals surface area contributed by atoms with E-state index in [1.54, 1.807) is 6.92 Å². The van der Waals surface area contributed by atoms with E-state index in [2.05, 4.69) is 33.9 Å². The van der Waals surface area contributed by atoms with Crippen LogP contribution in [0.15, 0.2) is 49.8 Å². The molecule has 2 atom stereocenters. The van der Waals surface area contributed by atoms with Crippen LogP contribution in [0.5, 0.6) is 0 Å². The number of rotatable bonds is 9. The molecule has 0 aliphatic rings. The first kappa shape index (κ1) is 21.7. The highest BCUT2D eigenvalue weighted by atomic mass is 19.3. The number of halogens is 2. The zero-order chi connectivity index (χ0) is 21.6. The molecular formula is C19H21F2N5O3.